The molecule has 3 fully saturated rings. The van der Waals surface area contributed by atoms with Crippen LogP contribution >= 0.6 is 0 Å². The fourth-order valence-corrected chi connectivity index (χ4v) is 7.43. The number of amides is 2. The Balaban J connectivity index is 1.27. The first kappa shape index (κ1) is 29.4. The van der Waals surface area contributed by atoms with Gasteiger partial charge < -0.3 is 20.4 Å². The Morgan fingerprint density at radius 1 is 0.907 bits per heavy atom. The third kappa shape index (κ3) is 6.34. The molecule has 2 saturated heterocycles. The third-order valence-electron chi connectivity index (χ3n) is 9.70. The van der Waals surface area contributed by atoms with Crippen molar-refractivity contribution in [2.45, 2.75) is 76.8 Å². The molecule has 2 heterocycles. The zero-order valence-corrected chi connectivity index (χ0v) is 25.0. The quantitative estimate of drug-likeness (QED) is 0.377. The molecule has 8 heteroatoms. The van der Waals surface area contributed by atoms with Crippen molar-refractivity contribution in [2.24, 2.45) is 11.8 Å². The first-order valence-electron chi connectivity index (χ1n) is 16.0. The maximum Gasteiger partial charge on any atom is 0.257 e. The van der Waals surface area contributed by atoms with Crippen LogP contribution < -0.4 is 15.5 Å². The van der Waals surface area contributed by atoms with Crippen molar-refractivity contribution in [2.75, 3.05) is 29.9 Å². The van der Waals surface area contributed by atoms with Gasteiger partial charge in [-0.1, -0.05) is 37.1 Å². The van der Waals surface area contributed by atoms with Crippen molar-refractivity contribution in [3.63, 3.8) is 0 Å². The maximum atomic E-state index is 15.0. The fraction of sp³-hybridized carbons (Fsp3) is 0.486. The highest BCUT2D eigenvalue weighted by Crippen LogP contribution is 2.37. The van der Waals surface area contributed by atoms with Gasteiger partial charge in [-0.2, -0.15) is 0 Å². The first-order valence-corrected chi connectivity index (χ1v) is 16.0. The van der Waals surface area contributed by atoms with Gasteiger partial charge in [-0.05, 0) is 87.8 Å². The van der Waals surface area contributed by atoms with E-state index in [1.165, 1.54) is 37.8 Å². The van der Waals surface area contributed by atoms with Gasteiger partial charge in [-0.15, -0.1) is 0 Å². The molecule has 2 aliphatic heterocycles. The number of nitrogens with zero attached hydrogens (tertiary/aromatic N) is 2. The van der Waals surface area contributed by atoms with E-state index in [4.69, 9.17) is 0 Å². The number of nitrogens with one attached hydrogen (secondary N) is 2. The maximum absolute atomic E-state index is 15.0. The van der Waals surface area contributed by atoms with Crippen LogP contribution in [0.3, 0.4) is 0 Å². The second kappa shape index (κ2) is 12.9. The Bertz CT molecular complexity index is 1390. The summed E-state index contributed by atoms with van der Waals surface area (Å²) in [6.07, 6.45) is 15.1. The minimum absolute atomic E-state index is 0.0526. The molecule has 2 N–H and O–H groups in total. The fourth-order valence-electron chi connectivity index (χ4n) is 7.43. The van der Waals surface area contributed by atoms with E-state index in [1.807, 2.05) is 0 Å². The molecule has 2 amide bonds. The predicted molar refractivity (Wildman–Crippen MR) is 166 cm³/mol. The highest BCUT2D eigenvalue weighted by atomic mass is 19.1. The summed E-state index contributed by atoms with van der Waals surface area (Å²) in [5, 5.41) is 6.52. The molecule has 0 spiro atoms. The van der Waals surface area contributed by atoms with Crippen molar-refractivity contribution >= 4 is 23.2 Å². The van der Waals surface area contributed by atoms with Gasteiger partial charge >= 0.3 is 0 Å². The minimum atomic E-state index is -0.577. The van der Waals surface area contributed by atoms with E-state index < -0.39 is 29.5 Å². The second-order valence-corrected chi connectivity index (χ2v) is 12.6. The number of carbonyl (C=O) groups is 2. The Hall–Kier alpha value is -3.68. The molecule has 228 valence electrons. The molecule has 2 aliphatic carbocycles. The number of rotatable bonds is 7. The number of anilines is 2. The summed E-state index contributed by atoms with van der Waals surface area (Å²) in [4.78, 5) is 31.9. The summed E-state index contributed by atoms with van der Waals surface area (Å²) in [7, 11) is 0. The van der Waals surface area contributed by atoms with Gasteiger partial charge in [-0.3, -0.25) is 9.59 Å². The van der Waals surface area contributed by atoms with Gasteiger partial charge in [0.05, 0.1) is 23.2 Å². The van der Waals surface area contributed by atoms with Crippen LogP contribution in [0.2, 0.25) is 0 Å². The number of likely N-dealkylation sites (tertiary alicyclic amines) is 1. The summed E-state index contributed by atoms with van der Waals surface area (Å²) >= 11 is 0. The molecule has 3 atom stereocenters. The molecule has 2 aromatic rings. The average molecular weight is 589 g/mol. The highest BCUT2D eigenvalue weighted by Gasteiger charge is 2.43. The van der Waals surface area contributed by atoms with Crippen molar-refractivity contribution in [1.29, 1.82) is 0 Å². The van der Waals surface area contributed by atoms with Crippen LogP contribution in [-0.4, -0.2) is 48.4 Å². The number of allylic oxidation sites excluding steroid dienone is 2. The van der Waals surface area contributed by atoms with Crippen LogP contribution in [-0.2, 0) is 4.79 Å². The number of aryl methyl sites for hydroxylation is 1. The van der Waals surface area contributed by atoms with Gasteiger partial charge in [0, 0.05) is 43.0 Å². The van der Waals surface area contributed by atoms with Crippen molar-refractivity contribution in [3.8, 4) is 0 Å². The van der Waals surface area contributed by atoms with Crippen molar-refractivity contribution in [1.82, 2.24) is 10.2 Å². The number of benzene rings is 2. The highest BCUT2D eigenvalue weighted by molar-refractivity contribution is 5.98. The summed E-state index contributed by atoms with van der Waals surface area (Å²) < 4.78 is 30.0. The molecule has 0 radical (unpaired) electrons. The summed E-state index contributed by atoms with van der Waals surface area (Å²) in [6.45, 7) is 3.99. The number of carbonyl (C=O) groups excluding carboxylic acids is 2. The van der Waals surface area contributed by atoms with E-state index in [0.29, 0.717) is 37.4 Å². The van der Waals surface area contributed by atoms with E-state index in [2.05, 4.69) is 33.8 Å². The Morgan fingerprint density at radius 3 is 2.42 bits per heavy atom. The second-order valence-electron chi connectivity index (χ2n) is 12.6. The summed E-state index contributed by atoms with van der Waals surface area (Å²) in [5.74, 6) is -2.46. The first-order chi connectivity index (χ1) is 20.9. The van der Waals surface area contributed by atoms with Crippen LogP contribution in [0.15, 0.2) is 60.3 Å². The predicted octanol–water partition coefficient (Wildman–Crippen LogP) is 6.73. The molecule has 1 saturated carbocycles. The van der Waals surface area contributed by atoms with Gasteiger partial charge in [0.25, 0.3) is 5.91 Å². The topological polar surface area (TPSA) is 64.7 Å². The van der Waals surface area contributed by atoms with E-state index in [0.717, 1.165) is 37.3 Å². The van der Waals surface area contributed by atoms with Gasteiger partial charge in [-0.25, -0.2) is 8.78 Å². The van der Waals surface area contributed by atoms with Crippen molar-refractivity contribution in [3.05, 3.63) is 83.1 Å². The van der Waals surface area contributed by atoms with E-state index >= 15 is 4.39 Å². The molecule has 0 bridgehead atoms. The number of piperidine rings is 1. The summed E-state index contributed by atoms with van der Waals surface area (Å²) in [6, 6.07) is 9.51. The molecule has 2 unspecified atom stereocenters. The summed E-state index contributed by atoms with van der Waals surface area (Å²) in [5.41, 5.74) is 2.74. The molecule has 43 heavy (non-hydrogen) atoms. The molecular formula is C35H42F2N4O2. The standard InChI is InChI=1S/C35H42F2N4O2/c1-23-8-6-12-30(37)32(23)35(43)41-21-7-11-28(33(41)24-13-15-26(16-14-24)38-25-9-2-3-10-25)34(42)39-31-22-27(17-18-29(31)36)40-19-4-5-20-40/h6,8,12-13,15-18,22,24-25,28,33,38H,2-5,7,9-11,14,19-21H2,1H3,(H,39,42)/t24-,28?,33?/m1/s1. The Morgan fingerprint density at radius 2 is 1.70 bits per heavy atom. The molecule has 2 aromatic carbocycles. The SMILES string of the molecule is Cc1cccc(F)c1C(=O)N1CCCC(C(=O)Nc2cc(N3CCCC3)ccc2F)C1[C@@H]1C=CC(NC2CCCC2)=CC1. The zero-order valence-electron chi connectivity index (χ0n) is 25.0. The lowest BCUT2D eigenvalue weighted by Gasteiger charge is -2.44. The Labute approximate surface area is 253 Å². The van der Waals surface area contributed by atoms with Gasteiger partial charge in [0.1, 0.15) is 11.6 Å². The third-order valence-corrected chi connectivity index (χ3v) is 9.70. The normalized spacial score (nSPS) is 24.3. The van der Waals surface area contributed by atoms with Crippen LogP contribution in [0.25, 0.3) is 0 Å². The number of halogens is 2. The lowest BCUT2D eigenvalue weighted by molar-refractivity contribution is -0.123. The Kier molecular flexibility index (Phi) is 8.82. The monoisotopic (exact) mass is 588 g/mol. The van der Waals surface area contributed by atoms with Crippen LogP contribution in [0.4, 0.5) is 20.2 Å². The lowest BCUT2D eigenvalue weighted by Crippen LogP contribution is -2.55. The largest absolute Gasteiger partial charge is 0.383 e. The van der Waals surface area contributed by atoms with E-state index in [9.17, 15) is 14.0 Å². The molecule has 6 rings (SSSR count). The molecule has 0 aromatic heterocycles. The van der Waals surface area contributed by atoms with Crippen LogP contribution in [0.1, 0.15) is 73.7 Å². The van der Waals surface area contributed by atoms with Crippen LogP contribution in [0.5, 0.6) is 0 Å². The van der Waals surface area contributed by atoms with E-state index in [1.54, 1.807) is 36.1 Å². The molecular weight excluding hydrogens is 546 g/mol. The van der Waals surface area contributed by atoms with Gasteiger partial charge in [0.15, 0.2) is 0 Å². The number of hydrogen-bond donors (Lipinski definition) is 2. The van der Waals surface area contributed by atoms with Crippen LogP contribution in [0, 0.1) is 30.4 Å². The minimum Gasteiger partial charge on any atom is -0.383 e. The zero-order chi connectivity index (χ0) is 29.9. The molecule has 6 nitrogen and oxygen atoms in total. The lowest BCUT2D eigenvalue weighted by atomic mass is 9.77. The number of hydrogen-bond acceptors (Lipinski definition) is 4. The molecule has 4 aliphatic rings. The van der Waals surface area contributed by atoms with E-state index in [-0.39, 0.29) is 23.1 Å². The van der Waals surface area contributed by atoms with Gasteiger partial charge in [0.2, 0.25) is 5.91 Å². The smallest absolute Gasteiger partial charge is 0.257 e. The van der Waals surface area contributed by atoms with Crippen molar-refractivity contribution < 1.29 is 18.4 Å². The average Bonchev–Trinajstić information content (AvgIpc) is 3.73.